The molecule has 0 bridgehead atoms. The standard InChI is InChI=1S/C13H13Cl2NO/c1-13(17)4-2-3-7-8-5-9(14)10(15)6-11(8)16-12(7)13/h5-7,17H,2-4H2,1H3. The molecule has 3 rings (SSSR count). The molecule has 1 aliphatic heterocycles. The van der Waals surface area contributed by atoms with Crippen molar-refractivity contribution in [3.63, 3.8) is 0 Å². The molecule has 1 heterocycles. The molecule has 1 aromatic rings. The minimum Gasteiger partial charge on any atom is -0.384 e. The maximum absolute atomic E-state index is 10.4. The minimum absolute atomic E-state index is 0.212. The Morgan fingerprint density at radius 3 is 2.82 bits per heavy atom. The first-order valence-corrected chi connectivity index (χ1v) is 6.55. The molecule has 1 aliphatic carbocycles. The third kappa shape index (κ3) is 1.70. The van der Waals surface area contributed by atoms with Crippen molar-refractivity contribution < 1.29 is 5.11 Å². The number of aliphatic imine (C=N–C) groups is 1. The predicted molar refractivity (Wildman–Crippen MR) is 70.8 cm³/mol. The third-order valence-corrected chi connectivity index (χ3v) is 4.45. The number of nitrogens with zero attached hydrogens (tertiary/aromatic N) is 1. The van der Waals surface area contributed by atoms with Crippen LogP contribution < -0.4 is 0 Å². The number of fused-ring (bicyclic) bond motifs is 3. The monoisotopic (exact) mass is 269 g/mol. The topological polar surface area (TPSA) is 32.6 Å². The molecule has 17 heavy (non-hydrogen) atoms. The van der Waals surface area contributed by atoms with E-state index in [1.807, 2.05) is 13.0 Å². The summed E-state index contributed by atoms with van der Waals surface area (Å²) in [5, 5.41) is 11.4. The van der Waals surface area contributed by atoms with Gasteiger partial charge in [0.25, 0.3) is 0 Å². The van der Waals surface area contributed by atoms with Gasteiger partial charge in [0, 0.05) is 5.92 Å². The summed E-state index contributed by atoms with van der Waals surface area (Å²) in [4.78, 5) is 4.55. The molecular weight excluding hydrogens is 257 g/mol. The first-order valence-electron chi connectivity index (χ1n) is 5.79. The van der Waals surface area contributed by atoms with Crippen LogP contribution in [-0.2, 0) is 0 Å². The normalized spacial score (nSPS) is 30.8. The number of halogens is 2. The molecule has 90 valence electrons. The summed E-state index contributed by atoms with van der Waals surface area (Å²) in [5.41, 5.74) is 2.05. The molecule has 2 nitrogen and oxygen atoms in total. The van der Waals surface area contributed by atoms with Crippen LogP contribution in [0.25, 0.3) is 0 Å². The molecule has 1 fully saturated rings. The molecule has 0 saturated heterocycles. The van der Waals surface area contributed by atoms with E-state index in [0.717, 1.165) is 36.2 Å². The Kier molecular flexibility index (Phi) is 2.51. The van der Waals surface area contributed by atoms with Gasteiger partial charge in [-0.25, -0.2) is 0 Å². The van der Waals surface area contributed by atoms with Gasteiger partial charge in [0.2, 0.25) is 0 Å². The Bertz CT molecular complexity index is 522. The Labute approximate surface area is 110 Å². The average molecular weight is 270 g/mol. The van der Waals surface area contributed by atoms with Crippen molar-refractivity contribution in [3.05, 3.63) is 27.7 Å². The largest absolute Gasteiger partial charge is 0.384 e. The molecule has 1 N–H and O–H groups in total. The summed E-state index contributed by atoms with van der Waals surface area (Å²) in [7, 11) is 0. The van der Waals surface area contributed by atoms with Crippen molar-refractivity contribution in [2.45, 2.75) is 37.7 Å². The summed E-state index contributed by atoms with van der Waals surface area (Å²) in [5.74, 6) is 0.212. The van der Waals surface area contributed by atoms with Gasteiger partial charge in [-0.2, -0.15) is 0 Å². The fourth-order valence-electron chi connectivity index (χ4n) is 2.85. The quantitative estimate of drug-likeness (QED) is 0.756. The van der Waals surface area contributed by atoms with E-state index in [4.69, 9.17) is 23.2 Å². The molecule has 0 radical (unpaired) electrons. The van der Waals surface area contributed by atoms with Crippen LogP contribution in [0, 0.1) is 0 Å². The van der Waals surface area contributed by atoms with Crippen LogP contribution in [0.1, 0.15) is 37.7 Å². The maximum Gasteiger partial charge on any atom is 0.100 e. The number of hydrogen-bond donors (Lipinski definition) is 1. The van der Waals surface area contributed by atoms with Crippen LogP contribution in [0.2, 0.25) is 10.0 Å². The minimum atomic E-state index is -0.791. The molecular formula is C13H13Cl2NO. The average Bonchev–Trinajstić information content (AvgIpc) is 2.59. The number of rotatable bonds is 0. The highest BCUT2D eigenvalue weighted by molar-refractivity contribution is 6.42. The highest BCUT2D eigenvalue weighted by Gasteiger charge is 2.41. The number of benzene rings is 1. The summed E-state index contributed by atoms with van der Waals surface area (Å²) >= 11 is 12.0. The van der Waals surface area contributed by atoms with Crippen LogP contribution in [0.3, 0.4) is 0 Å². The summed E-state index contributed by atoms with van der Waals surface area (Å²) < 4.78 is 0. The summed E-state index contributed by atoms with van der Waals surface area (Å²) in [6, 6.07) is 3.68. The van der Waals surface area contributed by atoms with Gasteiger partial charge >= 0.3 is 0 Å². The molecule has 0 aromatic heterocycles. The van der Waals surface area contributed by atoms with Crippen LogP contribution in [-0.4, -0.2) is 16.4 Å². The SMILES string of the molecule is CC1(O)CCCC2C1=Nc1cc(Cl)c(Cl)cc12. The lowest BCUT2D eigenvalue weighted by Crippen LogP contribution is -2.40. The predicted octanol–water partition coefficient (Wildman–Crippen LogP) is 4.10. The highest BCUT2D eigenvalue weighted by atomic mass is 35.5. The molecule has 2 unspecified atom stereocenters. The van der Waals surface area contributed by atoms with Crippen molar-refractivity contribution in [2.75, 3.05) is 0 Å². The Morgan fingerprint density at radius 2 is 2.06 bits per heavy atom. The lowest BCUT2D eigenvalue weighted by Gasteiger charge is -2.33. The second-order valence-corrected chi connectivity index (χ2v) is 5.86. The maximum atomic E-state index is 10.4. The zero-order valence-electron chi connectivity index (χ0n) is 9.50. The highest BCUT2D eigenvalue weighted by Crippen LogP contribution is 2.47. The van der Waals surface area contributed by atoms with Gasteiger partial charge in [-0.05, 0) is 43.9 Å². The molecule has 1 aromatic carbocycles. The smallest absolute Gasteiger partial charge is 0.100 e. The second kappa shape index (κ2) is 3.71. The zero-order chi connectivity index (χ0) is 12.2. The second-order valence-electron chi connectivity index (χ2n) is 5.04. The van der Waals surface area contributed by atoms with Gasteiger partial charge < -0.3 is 5.11 Å². The van der Waals surface area contributed by atoms with Crippen LogP contribution in [0.15, 0.2) is 17.1 Å². The van der Waals surface area contributed by atoms with Crippen molar-refractivity contribution in [2.24, 2.45) is 4.99 Å². The van der Waals surface area contributed by atoms with Gasteiger partial charge in [0.05, 0.1) is 21.4 Å². The molecule has 1 saturated carbocycles. The van der Waals surface area contributed by atoms with Crippen LogP contribution in [0.4, 0.5) is 5.69 Å². The van der Waals surface area contributed by atoms with E-state index in [2.05, 4.69) is 4.99 Å². The molecule has 2 atom stereocenters. The van der Waals surface area contributed by atoms with Gasteiger partial charge in [-0.15, -0.1) is 0 Å². The fraction of sp³-hybridized carbons (Fsp3) is 0.462. The lowest BCUT2D eigenvalue weighted by atomic mass is 9.75. The number of hydrogen-bond acceptors (Lipinski definition) is 2. The lowest BCUT2D eigenvalue weighted by molar-refractivity contribution is 0.107. The third-order valence-electron chi connectivity index (χ3n) is 3.72. The Balaban J connectivity index is 2.14. The number of aliphatic hydroxyl groups is 1. The van der Waals surface area contributed by atoms with Crippen LogP contribution >= 0.6 is 23.2 Å². The van der Waals surface area contributed by atoms with Crippen molar-refractivity contribution in [1.29, 1.82) is 0 Å². The summed E-state index contributed by atoms with van der Waals surface area (Å²) in [6.45, 7) is 1.84. The molecule has 2 aliphatic rings. The zero-order valence-corrected chi connectivity index (χ0v) is 11.0. The van der Waals surface area contributed by atoms with Gasteiger partial charge in [0.1, 0.15) is 5.60 Å². The molecule has 0 amide bonds. The Morgan fingerprint density at radius 1 is 1.35 bits per heavy atom. The molecule has 0 spiro atoms. The van der Waals surface area contributed by atoms with Crippen molar-refractivity contribution in [3.8, 4) is 0 Å². The van der Waals surface area contributed by atoms with Gasteiger partial charge in [-0.1, -0.05) is 23.2 Å². The summed E-state index contributed by atoms with van der Waals surface area (Å²) in [6.07, 6.45) is 2.81. The fourth-order valence-corrected chi connectivity index (χ4v) is 3.18. The van der Waals surface area contributed by atoms with E-state index in [9.17, 15) is 5.11 Å². The van der Waals surface area contributed by atoms with Crippen molar-refractivity contribution in [1.82, 2.24) is 0 Å². The van der Waals surface area contributed by atoms with E-state index >= 15 is 0 Å². The Hall–Kier alpha value is -0.570. The van der Waals surface area contributed by atoms with E-state index < -0.39 is 5.60 Å². The van der Waals surface area contributed by atoms with E-state index in [-0.39, 0.29) is 5.92 Å². The van der Waals surface area contributed by atoms with E-state index in [1.54, 1.807) is 6.07 Å². The van der Waals surface area contributed by atoms with Crippen LogP contribution in [0.5, 0.6) is 0 Å². The van der Waals surface area contributed by atoms with E-state index in [1.165, 1.54) is 0 Å². The van der Waals surface area contributed by atoms with Gasteiger partial charge in [0.15, 0.2) is 0 Å². The van der Waals surface area contributed by atoms with Crippen molar-refractivity contribution >= 4 is 34.6 Å². The van der Waals surface area contributed by atoms with Gasteiger partial charge in [-0.3, -0.25) is 4.99 Å². The molecule has 4 heteroatoms. The first-order chi connectivity index (χ1) is 7.99. The first kappa shape index (κ1) is 11.5. The van der Waals surface area contributed by atoms with E-state index in [0.29, 0.717) is 10.0 Å².